The van der Waals surface area contributed by atoms with E-state index >= 15 is 0 Å². The second-order valence-electron chi connectivity index (χ2n) is 4.41. The zero-order chi connectivity index (χ0) is 12.4. The number of hydrogen-bond acceptors (Lipinski definition) is 2. The van der Waals surface area contributed by atoms with E-state index in [1.54, 1.807) is 14.0 Å². The van der Waals surface area contributed by atoms with Gasteiger partial charge in [0.15, 0.2) is 0 Å². The van der Waals surface area contributed by atoms with Crippen LogP contribution in [0.3, 0.4) is 0 Å². The van der Waals surface area contributed by atoms with Crippen molar-refractivity contribution in [1.82, 2.24) is 5.32 Å². The molecule has 0 aliphatic carbocycles. The summed E-state index contributed by atoms with van der Waals surface area (Å²) in [4.78, 5) is 0. The monoisotopic (exact) mass is 241 g/mol. The molecule has 1 aromatic carbocycles. The van der Waals surface area contributed by atoms with E-state index < -0.39 is 17.7 Å². The number of hydrogen-bond donors (Lipinski definition) is 1. The van der Waals surface area contributed by atoms with Gasteiger partial charge in [-0.05, 0) is 38.4 Å². The maximum atomic E-state index is 14.0. The third kappa shape index (κ3) is 2.33. The van der Waals surface area contributed by atoms with Gasteiger partial charge in [-0.2, -0.15) is 0 Å². The fraction of sp³-hybridized carbons (Fsp3) is 0.538. The first-order valence-corrected chi connectivity index (χ1v) is 5.88. The van der Waals surface area contributed by atoms with Crippen molar-refractivity contribution in [2.24, 2.45) is 0 Å². The minimum Gasteiger partial charge on any atom is -0.376 e. The highest BCUT2D eigenvalue weighted by Gasteiger charge is 2.30. The van der Waals surface area contributed by atoms with Crippen molar-refractivity contribution in [1.29, 1.82) is 0 Å². The molecule has 0 spiro atoms. The lowest BCUT2D eigenvalue weighted by atomic mass is 9.96. The number of likely N-dealkylation sites (N-methyl/N-ethyl adjacent to an activating group) is 1. The molecule has 1 aromatic rings. The lowest BCUT2D eigenvalue weighted by Crippen LogP contribution is -2.30. The zero-order valence-electron chi connectivity index (χ0n) is 10.1. The van der Waals surface area contributed by atoms with Gasteiger partial charge in [0.05, 0.1) is 12.1 Å². The molecule has 2 atom stereocenters. The summed E-state index contributed by atoms with van der Waals surface area (Å²) in [5, 5.41) is 2.96. The van der Waals surface area contributed by atoms with Crippen LogP contribution in [-0.2, 0) is 4.74 Å². The van der Waals surface area contributed by atoms with Gasteiger partial charge in [0.2, 0.25) is 0 Å². The summed E-state index contributed by atoms with van der Waals surface area (Å²) in [6.07, 6.45) is 1.63. The Hall–Kier alpha value is -1.00. The van der Waals surface area contributed by atoms with Crippen molar-refractivity contribution >= 4 is 0 Å². The van der Waals surface area contributed by atoms with Gasteiger partial charge in [-0.3, -0.25) is 0 Å². The van der Waals surface area contributed by atoms with Crippen LogP contribution in [0.5, 0.6) is 0 Å². The van der Waals surface area contributed by atoms with Crippen LogP contribution < -0.4 is 5.32 Å². The SMILES string of the molecule is CNC(c1c(F)ccc(C)c1F)C1CCCO1. The molecule has 1 aliphatic rings. The zero-order valence-corrected chi connectivity index (χ0v) is 10.1. The number of aryl methyl sites for hydroxylation is 1. The van der Waals surface area contributed by atoms with E-state index in [1.165, 1.54) is 12.1 Å². The molecule has 2 rings (SSSR count). The van der Waals surface area contributed by atoms with Gasteiger partial charge in [-0.15, -0.1) is 0 Å². The molecular weight excluding hydrogens is 224 g/mol. The van der Waals surface area contributed by atoms with Gasteiger partial charge in [-0.25, -0.2) is 8.78 Å². The topological polar surface area (TPSA) is 21.3 Å². The fourth-order valence-corrected chi connectivity index (χ4v) is 2.35. The highest BCUT2D eigenvalue weighted by molar-refractivity contribution is 5.30. The molecule has 17 heavy (non-hydrogen) atoms. The first kappa shape index (κ1) is 12.5. The molecule has 0 aromatic heterocycles. The van der Waals surface area contributed by atoms with Crippen molar-refractivity contribution < 1.29 is 13.5 Å². The van der Waals surface area contributed by atoms with E-state index in [-0.39, 0.29) is 11.7 Å². The van der Waals surface area contributed by atoms with Gasteiger partial charge in [0, 0.05) is 12.2 Å². The third-order valence-electron chi connectivity index (χ3n) is 3.28. The predicted molar refractivity (Wildman–Crippen MR) is 61.9 cm³/mol. The summed E-state index contributed by atoms with van der Waals surface area (Å²) in [5.74, 6) is -0.984. The molecule has 2 unspecified atom stereocenters. The minimum atomic E-state index is -0.511. The Balaban J connectivity index is 2.39. The van der Waals surface area contributed by atoms with Gasteiger partial charge < -0.3 is 10.1 Å². The van der Waals surface area contributed by atoms with E-state index in [2.05, 4.69) is 5.32 Å². The minimum absolute atomic E-state index is 0.0967. The van der Waals surface area contributed by atoms with E-state index in [4.69, 9.17) is 4.74 Å². The Kier molecular flexibility index (Phi) is 3.74. The Morgan fingerprint density at radius 2 is 2.18 bits per heavy atom. The molecule has 0 radical (unpaired) electrons. The molecule has 1 N–H and O–H groups in total. The molecule has 1 aliphatic heterocycles. The van der Waals surface area contributed by atoms with Crippen molar-refractivity contribution in [2.75, 3.05) is 13.7 Å². The number of halogens is 2. The quantitative estimate of drug-likeness (QED) is 0.878. The Morgan fingerprint density at radius 3 is 2.76 bits per heavy atom. The summed E-state index contributed by atoms with van der Waals surface area (Å²) in [7, 11) is 1.70. The van der Waals surface area contributed by atoms with E-state index in [1.807, 2.05) is 0 Å². The summed E-state index contributed by atoms with van der Waals surface area (Å²) >= 11 is 0. The summed E-state index contributed by atoms with van der Waals surface area (Å²) in [5.41, 5.74) is 0.555. The maximum absolute atomic E-state index is 14.0. The summed E-state index contributed by atoms with van der Waals surface area (Å²) in [6, 6.07) is 2.35. The molecule has 4 heteroatoms. The van der Waals surface area contributed by atoms with Crippen LogP contribution in [0.15, 0.2) is 12.1 Å². The van der Waals surface area contributed by atoms with Crippen LogP contribution >= 0.6 is 0 Å². The molecular formula is C13H17F2NO. The van der Waals surface area contributed by atoms with Crippen LogP contribution in [0, 0.1) is 18.6 Å². The van der Waals surface area contributed by atoms with Crippen molar-refractivity contribution in [3.8, 4) is 0 Å². The Labute approximate surface area is 100.0 Å². The largest absolute Gasteiger partial charge is 0.376 e. The highest BCUT2D eigenvalue weighted by Crippen LogP contribution is 2.31. The molecule has 0 amide bonds. The number of rotatable bonds is 3. The highest BCUT2D eigenvalue weighted by atomic mass is 19.1. The van der Waals surface area contributed by atoms with E-state index in [0.29, 0.717) is 12.2 Å². The van der Waals surface area contributed by atoms with Crippen molar-refractivity contribution in [3.63, 3.8) is 0 Å². The van der Waals surface area contributed by atoms with Crippen LogP contribution in [0.1, 0.15) is 30.0 Å². The fourth-order valence-electron chi connectivity index (χ4n) is 2.35. The van der Waals surface area contributed by atoms with Gasteiger partial charge in [0.25, 0.3) is 0 Å². The number of nitrogens with one attached hydrogen (secondary N) is 1. The van der Waals surface area contributed by atoms with Crippen LogP contribution in [0.25, 0.3) is 0 Å². The second kappa shape index (κ2) is 5.10. The molecule has 2 nitrogen and oxygen atoms in total. The normalized spacial score (nSPS) is 21.8. The van der Waals surface area contributed by atoms with Crippen LogP contribution in [0.4, 0.5) is 8.78 Å². The Bertz CT molecular complexity index is 403. The number of benzene rings is 1. The van der Waals surface area contributed by atoms with E-state index in [9.17, 15) is 8.78 Å². The molecule has 0 saturated carbocycles. The van der Waals surface area contributed by atoms with Crippen LogP contribution in [-0.4, -0.2) is 19.8 Å². The van der Waals surface area contributed by atoms with Gasteiger partial charge in [-0.1, -0.05) is 6.07 Å². The third-order valence-corrected chi connectivity index (χ3v) is 3.28. The molecule has 1 saturated heterocycles. The van der Waals surface area contributed by atoms with E-state index in [0.717, 1.165) is 12.8 Å². The molecule has 0 bridgehead atoms. The number of ether oxygens (including phenoxy) is 1. The van der Waals surface area contributed by atoms with Crippen molar-refractivity contribution in [2.45, 2.75) is 31.9 Å². The van der Waals surface area contributed by atoms with Crippen molar-refractivity contribution in [3.05, 3.63) is 34.9 Å². The lowest BCUT2D eigenvalue weighted by molar-refractivity contribution is 0.0784. The first-order valence-electron chi connectivity index (χ1n) is 5.88. The lowest BCUT2D eigenvalue weighted by Gasteiger charge is -2.24. The smallest absolute Gasteiger partial charge is 0.133 e. The molecule has 94 valence electrons. The Morgan fingerprint density at radius 1 is 1.41 bits per heavy atom. The van der Waals surface area contributed by atoms with Gasteiger partial charge in [0.1, 0.15) is 11.6 Å². The summed E-state index contributed by atoms with van der Waals surface area (Å²) in [6.45, 7) is 2.30. The van der Waals surface area contributed by atoms with Crippen LogP contribution in [0.2, 0.25) is 0 Å². The average molecular weight is 241 g/mol. The summed E-state index contributed by atoms with van der Waals surface area (Å²) < 4.78 is 33.3. The molecule has 1 fully saturated rings. The first-order chi connectivity index (χ1) is 8.15. The second-order valence-corrected chi connectivity index (χ2v) is 4.41. The standard InChI is InChI=1S/C13H17F2NO/c1-8-5-6-9(14)11(12(8)15)13(16-2)10-4-3-7-17-10/h5-6,10,13,16H,3-4,7H2,1-2H3. The van der Waals surface area contributed by atoms with Gasteiger partial charge >= 0.3 is 0 Å². The molecule has 1 heterocycles. The predicted octanol–water partition coefficient (Wildman–Crippen LogP) is 2.71. The average Bonchev–Trinajstić information content (AvgIpc) is 2.83. The maximum Gasteiger partial charge on any atom is 0.133 e.